The highest BCUT2D eigenvalue weighted by Crippen LogP contribution is 2.22. The number of unbranched alkanes of at least 4 members (excludes halogenated alkanes) is 8. The molecule has 0 aromatic heterocycles. The zero-order valence-electron chi connectivity index (χ0n) is 14.2. The summed E-state index contributed by atoms with van der Waals surface area (Å²) in [6, 6.07) is 6.33. The van der Waals surface area contributed by atoms with Crippen LogP contribution in [0.2, 0.25) is 0 Å². The Bertz CT molecular complexity index is 370. The molecule has 0 amide bonds. The molecule has 120 valence electrons. The third-order valence-corrected chi connectivity index (χ3v) is 4.27. The van der Waals surface area contributed by atoms with Gasteiger partial charge in [0.1, 0.15) is 5.75 Å². The van der Waals surface area contributed by atoms with Gasteiger partial charge < -0.3 is 5.11 Å². The Kier molecular flexibility index (Phi) is 10.0. The van der Waals surface area contributed by atoms with E-state index in [1.165, 1.54) is 69.8 Å². The van der Waals surface area contributed by atoms with Crippen molar-refractivity contribution in [2.24, 2.45) is 0 Å². The van der Waals surface area contributed by atoms with Crippen molar-refractivity contribution in [3.05, 3.63) is 29.3 Å². The molecule has 1 nitrogen and oxygen atoms in total. The van der Waals surface area contributed by atoms with Gasteiger partial charge in [-0.15, -0.1) is 0 Å². The van der Waals surface area contributed by atoms with Crippen molar-refractivity contribution in [3.63, 3.8) is 0 Å². The predicted octanol–water partition coefficient (Wildman–Crippen LogP) is 6.42. The maximum atomic E-state index is 10.1. The van der Waals surface area contributed by atoms with E-state index in [0.29, 0.717) is 5.75 Å². The molecule has 0 bridgehead atoms. The van der Waals surface area contributed by atoms with Crippen molar-refractivity contribution in [2.75, 3.05) is 0 Å². The third-order valence-electron chi connectivity index (χ3n) is 4.27. The average molecular weight is 290 g/mol. The molecule has 0 aliphatic carbocycles. The lowest BCUT2D eigenvalue weighted by Crippen LogP contribution is -1.91. The van der Waals surface area contributed by atoms with E-state index in [0.717, 1.165) is 18.4 Å². The maximum Gasteiger partial charge on any atom is 0.119 e. The molecule has 0 unspecified atom stereocenters. The third kappa shape index (κ3) is 8.14. The number of hydrogen-bond donors (Lipinski definition) is 1. The van der Waals surface area contributed by atoms with Crippen molar-refractivity contribution in [3.8, 4) is 5.75 Å². The summed E-state index contributed by atoms with van der Waals surface area (Å²) in [7, 11) is 0. The fourth-order valence-corrected chi connectivity index (χ4v) is 2.83. The van der Waals surface area contributed by atoms with E-state index in [1.54, 1.807) is 0 Å². The highest BCUT2D eigenvalue weighted by Gasteiger charge is 2.03. The van der Waals surface area contributed by atoms with Crippen molar-refractivity contribution >= 4 is 0 Å². The van der Waals surface area contributed by atoms with Gasteiger partial charge in [-0.2, -0.15) is 0 Å². The van der Waals surface area contributed by atoms with Crippen LogP contribution in [0.3, 0.4) is 0 Å². The Morgan fingerprint density at radius 3 is 1.86 bits per heavy atom. The van der Waals surface area contributed by atoms with E-state index in [1.807, 2.05) is 6.07 Å². The minimum atomic E-state index is 0.511. The lowest BCUT2D eigenvalue weighted by Gasteiger charge is -2.08. The van der Waals surface area contributed by atoms with Gasteiger partial charge in [-0.25, -0.2) is 0 Å². The number of phenolic OH excluding ortho intramolecular Hbond substituents is 1. The monoisotopic (exact) mass is 290 g/mol. The lowest BCUT2D eigenvalue weighted by molar-refractivity contribution is 0.465. The highest BCUT2D eigenvalue weighted by molar-refractivity contribution is 5.36. The second-order valence-electron chi connectivity index (χ2n) is 6.29. The normalized spacial score (nSPS) is 11.0. The molecule has 0 saturated carbocycles. The molecule has 1 N–H and O–H groups in total. The fraction of sp³-hybridized carbons (Fsp3) is 0.700. The first-order chi connectivity index (χ1) is 10.3. The van der Waals surface area contributed by atoms with Gasteiger partial charge in [0.2, 0.25) is 0 Å². The number of phenols is 1. The summed E-state index contributed by atoms with van der Waals surface area (Å²) in [5.41, 5.74) is 2.42. The Morgan fingerprint density at radius 2 is 1.29 bits per heavy atom. The van der Waals surface area contributed by atoms with Gasteiger partial charge in [0, 0.05) is 0 Å². The molecule has 0 fully saturated rings. The van der Waals surface area contributed by atoms with Crippen LogP contribution < -0.4 is 0 Å². The van der Waals surface area contributed by atoms with Crippen LogP contribution in [-0.4, -0.2) is 5.11 Å². The Morgan fingerprint density at radius 1 is 0.714 bits per heavy atom. The van der Waals surface area contributed by atoms with Crippen LogP contribution in [0, 0.1) is 0 Å². The summed E-state index contributed by atoms with van der Waals surface area (Å²) in [6.45, 7) is 4.49. The first-order valence-corrected chi connectivity index (χ1v) is 9.08. The number of aromatic hydroxyl groups is 1. The fourth-order valence-electron chi connectivity index (χ4n) is 2.83. The Hall–Kier alpha value is -0.980. The molecule has 1 aromatic rings. The molecule has 1 aromatic carbocycles. The SMILES string of the molecule is CCCCCCCc1ccc(CCCCCCC)c(O)c1. The molecule has 0 atom stereocenters. The second kappa shape index (κ2) is 11.7. The van der Waals surface area contributed by atoms with Gasteiger partial charge in [-0.3, -0.25) is 0 Å². The Labute approximate surface area is 131 Å². The average Bonchev–Trinajstić information content (AvgIpc) is 2.48. The molecule has 0 aliphatic heterocycles. The van der Waals surface area contributed by atoms with Gasteiger partial charge >= 0.3 is 0 Å². The van der Waals surface area contributed by atoms with E-state index < -0.39 is 0 Å². The van der Waals surface area contributed by atoms with Crippen molar-refractivity contribution in [2.45, 2.75) is 90.9 Å². The smallest absolute Gasteiger partial charge is 0.119 e. The van der Waals surface area contributed by atoms with Crippen LogP contribution in [0.25, 0.3) is 0 Å². The van der Waals surface area contributed by atoms with E-state index in [9.17, 15) is 5.11 Å². The van der Waals surface area contributed by atoms with Crippen LogP contribution in [0.5, 0.6) is 5.75 Å². The number of aryl methyl sites for hydroxylation is 2. The molecule has 0 radical (unpaired) electrons. The van der Waals surface area contributed by atoms with Crippen LogP contribution >= 0.6 is 0 Å². The summed E-state index contributed by atoms with van der Waals surface area (Å²) in [5.74, 6) is 0.511. The van der Waals surface area contributed by atoms with Gasteiger partial charge in [0.15, 0.2) is 0 Å². The molecular weight excluding hydrogens is 256 g/mol. The number of benzene rings is 1. The second-order valence-corrected chi connectivity index (χ2v) is 6.29. The quantitative estimate of drug-likeness (QED) is 0.440. The molecular formula is C20H34O. The number of rotatable bonds is 12. The minimum Gasteiger partial charge on any atom is -0.508 e. The minimum absolute atomic E-state index is 0.511. The largest absolute Gasteiger partial charge is 0.508 e. The van der Waals surface area contributed by atoms with Crippen LogP contribution in [0.4, 0.5) is 0 Å². The van der Waals surface area contributed by atoms with Crippen molar-refractivity contribution in [1.29, 1.82) is 0 Å². The van der Waals surface area contributed by atoms with Crippen LogP contribution in [0.1, 0.15) is 89.2 Å². The molecule has 21 heavy (non-hydrogen) atoms. The molecule has 0 spiro atoms. The summed E-state index contributed by atoms with van der Waals surface area (Å²) in [6.07, 6.45) is 15.1. The summed E-state index contributed by atoms with van der Waals surface area (Å²) in [5, 5.41) is 10.1. The van der Waals surface area contributed by atoms with E-state index in [2.05, 4.69) is 26.0 Å². The van der Waals surface area contributed by atoms with E-state index >= 15 is 0 Å². The van der Waals surface area contributed by atoms with Crippen LogP contribution in [0.15, 0.2) is 18.2 Å². The molecule has 1 rings (SSSR count). The van der Waals surface area contributed by atoms with Crippen molar-refractivity contribution < 1.29 is 5.11 Å². The van der Waals surface area contributed by atoms with Gasteiger partial charge in [-0.1, -0.05) is 77.3 Å². The number of hydrogen-bond acceptors (Lipinski definition) is 1. The standard InChI is InChI=1S/C20H34O/c1-3-5-7-9-11-13-18-15-16-19(20(21)17-18)14-12-10-8-6-4-2/h15-17,21H,3-14H2,1-2H3. The molecule has 0 aliphatic rings. The predicted molar refractivity (Wildman–Crippen MR) is 93.0 cm³/mol. The summed E-state index contributed by atoms with van der Waals surface area (Å²) in [4.78, 5) is 0. The van der Waals surface area contributed by atoms with E-state index in [-0.39, 0.29) is 0 Å². The van der Waals surface area contributed by atoms with Gasteiger partial charge in [-0.05, 0) is 42.9 Å². The lowest BCUT2D eigenvalue weighted by atomic mass is 10.0. The Balaban J connectivity index is 2.27. The first kappa shape index (κ1) is 18.1. The molecule has 0 saturated heterocycles. The van der Waals surface area contributed by atoms with Gasteiger partial charge in [0.05, 0.1) is 0 Å². The van der Waals surface area contributed by atoms with Crippen LogP contribution in [-0.2, 0) is 12.8 Å². The molecule has 0 heterocycles. The van der Waals surface area contributed by atoms with Gasteiger partial charge in [0.25, 0.3) is 0 Å². The zero-order valence-corrected chi connectivity index (χ0v) is 14.2. The summed E-state index contributed by atoms with van der Waals surface area (Å²) >= 11 is 0. The first-order valence-electron chi connectivity index (χ1n) is 9.08. The molecule has 1 heteroatoms. The topological polar surface area (TPSA) is 20.2 Å². The summed E-state index contributed by atoms with van der Waals surface area (Å²) < 4.78 is 0. The highest BCUT2D eigenvalue weighted by atomic mass is 16.3. The zero-order chi connectivity index (χ0) is 15.3. The van der Waals surface area contributed by atoms with E-state index in [4.69, 9.17) is 0 Å². The maximum absolute atomic E-state index is 10.1. The van der Waals surface area contributed by atoms with Crippen molar-refractivity contribution in [1.82, 2.24) is 0 Å².